The van der Waals surface area contributed by atoms with Gasteiger partial charge in [-0.3, -0.25) is 9.69 Å². The van der Waals surface area contributed by atoms with Crippen LogP contribution >= 0.6 is 0 Å². The summed E-state index contributed by atoms with van der Waals surface area (Å²) in [5.41, 5.74) is -0.149. The van der Waals surface area contributed by atoms with Crippen LogP contribution in [0.15, 0.2) is 18.2 Å². The number of rotatable bonds is 3. The maximum Gasteiger partial charge on any atom is 0.231 e. The lowest BCUT2D eigenvalue weighted by Gasteiger charge is -2.53. The second-order valence-electron chi connectivity index (χ2n) is 8.50. The van der Waals surface area contributed by atoms with Gasteiger partial charge in [-0.2, -0.15) is 0 Å². The number of sulfonamides is 1. The van der Waals surface area contributed by atoms with Crippen LogP contribution in [0.1, 0.15) is 31.2 Å². The first-order chi connectivity index (χ1) is 13.7. The number of carbonyl (C=O) groups is 1. The van der Waals surface area contributed by atoms with Crippen molar-refractivity contribution in [2.45, 2.75) is 38.3 Å². The molecule has 3 heterocycles. The highest BCUT2D eigenvalue weighted by atomic mass is 32.2. The van der Waals surface area contributed by atoms with Gasteiger partial charge in [0.05, 0.1) is 11.2 Å². The van der Waals surface area contributed by atoms with Crippen LogP contribution in [0.25, 0.3) is 0 Å². The fourth-order valence-corrected chi connectivity index (χ4v) is 6.78. The van der Waals surface area contributed by atoms with Gasteiger partial charge in [0.2, 0.25) is 15.9 Å². The highest BCUT2D eigenvalue weighted by molar-refractivity contribution is 7.89. The van der Waals surface area contributed by atoms with Crippen LogP contribution in [0.3, 0.4) is 0 Å². The molecule has 2 atom stereocenters. The highest BCUT2D eigenvalue weighted by Gasteiger charge is 2.57. The van der Waals surface area contributed by atoms with Gasteiger partial charge in [-0.1, -0.05) is 6.07 Å². The van der Waals surface area contributed by atoms with Crippen molar-refractivity contribution in [3.05, 3.63) is 35.4 Å². The van der Waals surface area contributed by atoms with Crippen LogP contribution < -0.4 is 0 Å². The maximum absolute atomic E-state index is 13.6. The largest absolute Gasteiger partial charge is 0.342 e. The van der Waals surface area contributed by atoms with E-state index in [1.165, 1.54) is 10.4 Å². The van der Waals surface area contributed by atoms with Crippen molar-refractivity contribution < 1.29 is 22.0 Å². The summed E-state index contributed by atoms with van der Waals surface area (Å²) >= 11 is 0. The summed E-state index contributed by atoms with van der Waals surface area (Å²) in [5.74, 6) is -1.77. The van der Waals surface area contributed by atoms with Gasteiger partial charge in [-0.05, 0) is 43.4 Å². The van der Waals surface area contributed by atoms with E-state index in [1.54, 1.807) is 13.1 Å². The Labute approximate surface area is 170 Å². The number of hydrogen-bond donors (Lipinski definition) is 0. The van der Waals surface area contributed by atoms with Gasteiger partial charge in [0.1, 0.15) is 0 Å². The molecule has 3 aliphatic heterocycles. The number of hydrogen-bond acceptors (Lipinski definition) is 4. The fraction of sp³-hybridized carbons (Fsp3) is 0.650. The predicted octanol–water partition coefficient (Wildman–Crippen LogP) is 1.81. The van der Waals surface area contributed by atoms with Gasteiger partial charge < -0.3 is 4.90 Å². The Morgan fingerprint density at radius 2 is 1.90 bits per heavy atom. The molecule has 0 N–H and O–H groups in total. The van der Waals surface area contributed by atoms with Crippen molar-refractivity contribution in [2.24, 2.45) is 5.41 Å². The number of benzene rings is 1. The van der Waals surface area contributed by atoms with Gasteiger partial charge in [0, 0.05) is 45.8 Å². The molecule has 3 saturated heterocycles. The molecule has 29 heavy (non-hydrogen) atoms. The predicted molar refractivity (Wildman–Crippen MR) is 104 cm³/mol. The van der Waals surface area contributed by atoms with Gasteiger partial charge >= 0.3 is 0 Å². The van der Waals surface area contributed by atoms with Crippen molar-refractivity contribution >= 4 is 15.9 Å². The smallest absolute Gasteiger partial charge is 0.231 e. The molecule has 1 amide bonds. The van der Waals surface area contributed by atoms with E-state index in [0.717, 1.165) is 18.9 Å². The summed E-state index contributed by atoms with van der Waals surface area (Å²) in [6, 6.07) is 3.49. The van der Waals surface area contributed by atoms with Gasteiger partial charge in [-0.15, -0.1) is 0 Å². The first kappa shape index (κ1) is 20.7. The molecular weight excluding hydrogens is 400 g/mol. The molecule has 0 unspecified atom stereocenters. The van der Waals surface area contributed by atoms with E-state index in [1.807, 2.05) is 4.90 Å². The Kier molecular flexibility index (Phi) is 5.41. The molecule has 0 saturated carbocycles. The van der Waals surface area contributed by atoms with Crippen LogP contribution in [0, 0.1) is 17.0 Å². The second kappa shape index (κ2) is 7.59. The number of carbonyl (C=O) groups excluding carboxylic acids is 1. The van der Waals surface area contributed by atoms with Crippen LogP contribution in [-0.2, 0) is 21.4 Å². The van der Waals surface area contributed by atoms with Crippen LogP contribution in [0.2, 0.25) is 0 Å². The lowest BCUT2D eigenvalue weighted by molar-refractivity contribution is -0.150. The molecule has 0 bridgehead atoms. The molecule has 0 radical (unpaired) electrons. The van der Waals surface area contributed by atoms with Crippen LogP contribution in [0.4, 0.5) is 8.78 Å². The van der Waals surface area contributed by atoms with Crippen molar-refractivity contribution in [2.75, 3.05) is 39.0 Å². The highest BCUT2D eigenvalue weighted by Crippen LogP contribution is 2.44. The summed E-state index contributed by atoms with van der Waals surface area (Å²) in [6.07, 6.45) is 2.78. The molecule has 1 aromatic carbocycles. The summed E-state index contributed by atoms with van der Waals surface area (Å²) in [4.78, 5) is 17.5. The summed E-state index contributed by atoms with van der Waals surface area (Å²) in [6.45, 7) is 2.85. The molecule has 0 aliphatic carbocycles. The lowest BCUT2D eigenvalue weighted by atomic mass is 9.71. The summed E-state index contributed by atoms with van der Waals surface area (Å²) in [5, 5.41) is 0. The quantitative estimate of drug-likeness (QED) is 0.738. The van der Waals surface area contributed by atoms with E-state index in [9.17, 15) is 22.0 Å². The zero-order chi connectivity index (χ0) is 20.8. The minimum atomic E-state index is -3.36. The Morgan fingerprint density at radius 1 is 1.17 bits per heavy atom. The molecule has 3 fully saturated rings. The van der Waals surface area contributed by atoms with E-state index < -0.39 is 27.1 Å². The van der Waals surface area contributed by atoms with Crippen molar-refractivity contribution in [3.63, 3.8) is 0 Å². The average Bonchev–Trinajstić information content (AvgIpc) is 3.22. The Morgan fingerprint density at radius 3 is 2.59 bits per heavy atom. The number of likely N-dealkylation sites (tertiary alicyclic amines) is 2. The minimum absolute atomic E-state index is 0.0386. The monoisotopic (exact) mass is 427 g/mol. The normalized spacial score (nSPS) is 30.3. The average molecular weight is 428 g/mol. The van der Waals surface area contributed by atoms with E-state index in [0.29, 0.717) is 51.1 Å². The Hall–Kier alpha value is -1.58. The third kappa shape index (κ3) is 3.68. The van der Waals surface area contributed by atoms with Gasteiger partial charge in [0.25, 0.3) is 0 Å². The van der Waals surface area contributed by atoms with Gasteiger partial charge in [0.15, 0.2) is 11.6 Å². The molecular formula is C20H27F2N3O3S. The third-order valence-electron chi connectivity index (χ3n) is 6.76. The number of halogens is 2. The zero-order valence-electron chi connectivity index (χ0n) is 16.6. The van der Waals surface area contributed by atoms with Crippen LogP contribution in [-0.4, -0.2) is 73.5 Å². The summed E-state index contributed by atoms with van der Waals surface area (Å²) < 4.78 is 53.2. The SMILES string of the molecule is CN1[C@@H]2CCN(Cc3ccc(F)c(F)c3)C[C@@]2(C(=O)N2CCCC2)CCS1(=O)=O. The van der Waals surface area contributed by atoms with E-state index >= 15 is 0 Å². The molecule has 160 valence electrons. The van der Waals surface area contributed by atoms with E-state index in [-0.39, 0.29) is 17.7 Å². The number of nitrogens with zero attached hydrogens (tertiary/aromatic N) is 3. The zero-order valence-corrected chi connectivity index (χ0v) is 17.4. The summed E-state index contributed by atoms with van der Waals surface area (Å²) in [7, 11) is -1.78. The lowest BCUT2D eigenvalue weighted by Crippen LogP contribution is -2.67. The first-order valence-corrected chi connectivity index (χ1v) is 11.8. The number of amides is 1. The Bertz CT molecular complexity index is 904. The van der Waals surface area contributed by atoms with E-state index in [2.05, 4.69) is 4.90 Å². The number of piperidine rings is 1. The van der Waals surface area contributed by atoms with Crippen molar-refractivity contribution in [3.8, 4) is 0 Å². The maximum atomic E-state index is 13.6. The van der Waals surface area contributed by atoms with Crippen molar-refractivity contribution in [1.82, 2.24) is 14.1 Å². The Balaban J connectivity index is 1.62. The van der Waals surface area contributed by atoms with Crippen molar-refractivity contribution in [1.29, 1.82) is 0 Å². The fourth-order valence-electron chi connectivity index (χ4n) is 5.17. The molecule has 1 aromatic rings. The van der Waals surface area contributed by atoms with Crippen LogP contribution in [0.5, 0.6) is 0 Å². The third-order valence-corrected chi connectivity index (χ3v) is 8.61. The molecule has 0 aromatic heterocycles. The molecule has 0 spiro atoms. The van der Waals surface area contributed by atoms with E-state index in [4.69, 9.17) is 0 Å². The molecule has 9 heteroatoms. The number of fused-ring (bicyclic) bond motifs is 1. The second-order valence-corrected chi connectivity index (χ2v) is 10.6. The minimum Gasteiger partial charge on any atom is -0.342 e. The standard InChI is InChI=1S/C20H27F2N3O3S/c1-23-18-6-10-24(13-15-4-5-16(21)17(22)12-15)14-20(18,7-11-29(23,27)28)19(26)25-8-2-3-9-25/h4-5,12,18H,2-3,6-11,13-14H2,1H3/t18-,20+/m1/s1. The topological polar surface area (TPSA) is 60.9 Å². The molecule has 3 aliphatic rings. The molecule has 4 rings (SSSR count). The van der Waals surface area contributed by atoms with Gasteiger partial charge in [-0.25, -0.2) is 21.5 Å². The molecule has 6 nitrogen and oxygen atoms in total. The first-order valence-electron chi connectivity index (χ1n) is 10.1.